The van der Waals surface area contributed by atoms with Crippen molar-refractivity contribution in [3.63, 3.8) is 0 Å². The first-order valence-electron chi connectivity index (χ1n) is 9.51. The van der Waals surface area contributed by atoms with Gasteiger partial charge < -0.3 is 14.4 Å². The number of anilines is 1. The number of fused-ring (bicyclic) bond motifs is 1. The molecule has 2 aliphatic rings. The molecule has 146 valence electrons. The van der Waals surface area contributed by atoms with Gasteiger partial charge in [-0.05, 0) is 11.6 Å². The van der Waals surface area contributed by atoms with E-state index in [4.69, 9.17) is 14.5 Å². The molecule has 2 aliphatic heterocycles. The maximum absolute atomic E-state index is 5.44. The number of rotatable bonds is 4. The normalized spacial score (nSPS) is 15.8. The molecular weight excluding hydrogens is 368 g/mol. The van der Waals surface area contributed by atoms with Crippen LogP contribution in [0, 0.1) is 0 Å². The molecule has 4 heterocycles. The number of aliphatic imine (C=N–C) groups is 1. The summed E-state index contributed by atoms with van der Waals surface area (Å²) in [6.07, 6.45) is 4.95. The van der Waals surface area contributed by atoms with Gasteiger partial charge in [0, 0.05) is 30.3 Å². The number of morpholine rings is 1. The fraction of sp³-hybridized carbons (Fsp3) is 0.286. The molecule has 0 unspecified atom stereocenters. The van der Waals surface area contributed by atoms with Crippen LogP contribution in [0.5, 0.6) is 5.88 Å². The summed E-state index contributed by atoms with van der Waals surface area (Å²) in [5.74, 6) is 1.40. The van der Waals surface area contributed by atoms with Crippen molar-refractivity contribution in [3.05, 3.63) is 59.8 Å². The molecule has 2 aromatic heterocycles. The molecular formula is C21H20N6O2. The summed E-state index contributed by atoms with van der Waals surface area (Å²) in [4.78, 5) is 24.6. The van der Waals surface area contributed by atoms with E-state index in [1.165, 1.54) is 5.56 Å². The van der Waals surface area contributed by atoms with Crippen LogP contribution < -0.4 is 9.64 Å². The molecule has 0 aliphatic carbocycles. The van der Waals surface area contributed by atoms with E-state index < -0.39 is 0 Å². The van der Waals surface area contributed by atoms with Crippen molar-refractivity contribution in [3.8, 4) is 17.1 Å². The average Bonchev–Trinajstić information content (AvgIpc) is 3.23. The summed E-state index contributed by atoms with van der Waals surface area (Å²) in [6, 6.07) is 8.26. The monoisotopic (exact) mass is 388 g/mol. The predicted octanol–water partition coefficient (Wildman–Crippen LogP) is 2.13. The molecule has 0 amide bonds. The second-order valence-electron chi connectivity index (χ2n) is 6.84. The minimum absolute atomic E-state index is 0.494. The Morgan fingerprint density at radius 2 is 1.86 bits per heavy atom. The predicted molar refractivity (Wildman–Crippen MR) is 108 cm³/mol. The van der Waals surface area contributed by atoms with Gasteiger partial charge in [0.25, 0.3) is 0 Å². The minimum Gasteiger partial charge on any atom is -0.480 e. The van der Waals surface area contributed by atoms with Gasteiger partial charge in [0.15, 0.2) is 0 Å². The molecule has 0 spiro atoms. The van der Waals surface area contributed by atoms with Crippen molar-refractivity contribution in [2.24, 2.45) is 4.99 Å². The van der Waals surface area contributed by atoms with Gasteiger partial charge in [-0.2, -0.15) is 0 Å². The lowest BCUT2D eigenvalue weighted by molar-refractivity contribution is 0.122. The van der Waals surface area contributed by atoms with Crippen LogP contribution in [0.15, 0.2) is 48.0 Å². The Morgan fingerprint density at radius 3 is 2.66 bits per heavy atom. The summed E-state index contributed by atoms with van der Waals surface area (Å²) >= 11 is 0. The highest BCUT2D eigenvalue weighted by atomic mass is 16.5. The number of nitrogens with zero attached hydrogens (tertiary/aromatic N) is 6. The topological polar surface area (TPSA) is 85.6 Å². The van der Waals surface area contributed by atoms with Gasteiger partial charge in [-0.1, -0.05) is 12.1 Å². The molecule has 3 aromatic rings. The maximum Gasteiger partial charge on any atom is 0.232 e. The highest BCUT2D eigenvalue weighted by Gasteiger charge is 2.21. The van der Waals surface area contributed by atoms with Gasteiger partial charge in [-0.3, -0.25) is 4.99 Å². The van der Waals surface area contributed by atoms with Crippen LogP contribution in [0.2, 0.25) is 0 Å². The third-order valence-electron chi connectivity index (χ3n) is 5.14. The molecule has 0 radical (unpaired) electrons. The fourth-order valence-corrected chi connectivity index (χ4v) is 3.58. The van der Waals surface area contributed by atoms with Crippen LogP contribution >= 0.6 is 0 Å². The molecule has 1 saturated heterocycles. The first-order valence-corrected chi connectivity index (χ1v) is 9.51. The van der Waals surface area contributed by atoms with E-state index >= 15 is 0 Å². The van der Waals surface area contributed by atoms with Crippen LogP contribution in [0.25, 0.3) is 11.3 Å². The summed E-state index contributed by atoms with van der Waals surface area (Å²) in [5, 5.41) is 0. The number of aromatic nitrogens is 4. The Bertz CT molecular complexity index is 1060. The molecule has 1 aromatic carbocycles. The molecule has 0 N–H and O–H groups in total. The zero-order valence-electron chi connectivity index (χ0n) is 16.1. The van der Waals surface area contributed by atoms with E-state index in [1.54, 1.807) is 25.8 Å². The van der Waals surface area contributed by atoms with E-state index in [-0.39, 0.29) is 0 Å². The van der Waals surface area contributed by atoms with Gasteiger partial charge in [-0.25, -0.2) is 19.9 Å². The Labute approximate surface area is 168 Å². The van der Waals surface area contributed by atoms with E-state index in [1.807, 2.05) is 12.1 Å². The Balaban J connectivity index is 1.47. The number of methoxy groups -OCH3 is 1. The SMILES string of the molecule is COc1cnc(-c2ccc3c(c2)C(c2cc(N4CCOCC4)ncn2)=NC3)cn1. The number of hydrogen-bond donors (Lipinski definition) is 0. The van der Waals surface area contributed by atoms with E-state index in [9.17, 15) is 0 Å². The lowest BCUT2D eigenvalue weighted by Crippen LogP contribution is -2.36. The number of ether oxygens (including phenoxy) is 2. The average molecular weight is 388 g/mol. The van der Waals surface area contributed by atoms with Crippen molar-refractivity contribution in [1.29, 1.82) is 0 Å². The summed E-state index contributed by atoms with van der Waals surface area (Å²) < 4.78 is 10.5. The third kappa shape index (κ3) is 3.42. The Hall–Kier alpha value is -3.39. The van der Waals surface area contributed by atoms with Crippen molar-refractivity contribution < 1.29 is 9.47 Å². The number of hydrogen-bond acceptors (Lipinski definition) is 8. The zero-order valence-corrected chi connectivity index (χ0v) is 16.1. The fourth-order valence-electron chi connectivity index (χ4n) is 3.58. The van der Waals surface area contributed by atoms with Gasteiger partial charge in [-0.15, -0.1) is 0 Å². The summed E-state index contributed by atoms with van der Waals surface area (Å²) in [5.41, 5.74) is 5.74. The van der Waals surface area contributed by atoms with Gasteiger partial charge >= 0.3 is 0 Å². The lowest BCUT2D eigenvalue weighted by atomic mass is 9.99. The van der Waals surface area contributed by atoms with Crippen LogP contribution in [-0.2, 0) is 11.3 Å². The highest BCUT2D eigenvalue weighted by Crippen LogP contribution is 2.28. The lowest BCUT2D eigenvalue weighted by Gasteiger charge is -2.27. The standard InChI is InChI=1S/C21H20N6O2/c1-28-20-12-22-18(11-23-20)14-2-3-15-10-24-21(16(15)8-14)17-9-19(26-13-25-17)27-4-6-29-7-5-27/h2-3,8-9,11-13H,4-7,10H2,1H3. The van der Waals surface area contributed by atoms with Crippen LogP contribution in [0.1, 0.15) is 16.8 Å². The van der Waals surface area contributed by atoms with Gasteiger partial charge in [0.1, 0.15) is 12.1 Å². The molecule has 1 fully saturated rings. The minimum atomic E-state index is 0.494. The zero-order chi connectivity index (χ0) is 19.6. The molecule has 0 bridgehead atoms. The smallest absolute Gasteiger partial charge is 0.232 e. The molecule has 0 saturated carbocycles. The molecule has 0 atom stereocenters. The third-order valence-corrected chi connectivity index (χ3v) is 5.14. The first-order chi connectivity index (χ1) is 14.3. The van der Waals surface area contributed by atoms with Crippen molar-refractivity contribution >= 4 is 11.5 Å². The van der Waals surface area contributed by atoms with E-state index in [0.29, 0.717) is 12.4 Å². The van der Waals surface area contributed by atoms with Gasteiger partial charge in [0.2, 0.25) is 5.88 Å². The van der Waals surface area contributed by atoms with Crippen molar-refractivity contribution in [2.45, 2.75) is 6.54 Å². The quantitative estimate of drug-likeness (QED) is 0.677. The summed E-state index contributed by atoms with van der Waals surface area (Å²) in [6.45, 7) is 3.75. The van der Waals surface area contributed by atoms with E-state index in [2.05, 4.69) is 37.0 Å². The highest BCUT2D eigenvalue weighted by molar-refractivity contribution is 6.14. The van der Waals surface area contributed by atoms with Crippen molar-refractivity contribution in [1.82, 2.24) is 19.9 Å². The molecule has 8 heteroatoms. The van der Waals surface area contributed by atoms with Crippen LogP contribution in [0.3, 0.4) is 0 Å². The first kappa shape index (κ1) is 17.7. The largest absolute Gasteiger partial charge is 0.480 e. The Kier molecular flexibility index (Phi) is 4.61. The molecule has 8 nitrogen and oxygen atoms in total. The van der Waals surface area contributed by atoms with Crippen molar-refractivity contribution in [2.75, 3.05) is 38.3 Å². The second kappa shape index (κ2) is 7.56. The van der Waals surface area contributed by atoms with Gasteiger partial charge in [0.05, 0.1) is 56.4 Å². The number of benzene rings is 1. The Morgan fingerprint density at radius 1 is 0.966 bits per heavy atom. The molecule has 5 rings (SSSR count). The molecule has 29 heavy (non-hydrogen) atoms. The maximum atomic E-state index is 5.44. The van der Waals surface area contributed by atoms with Crippen LogP contribution in [0.4, 0.5) is 5.82 Å². The second-order valence-corrected chi connectivity index (χ2v) is 6.84. The van der Waals surface area contributed by atoms with E-state index in [0.717, 1.165) is 60.3 Å². The summed E-state index contributed by atoms with van der Waals surface area (Å²) in [7, 11) is 1.58. The van der Waals surface area contributed by atoms with Crippen LogP contribution in [-0.4, -0.2) is 59.1 Å².